The number of nitrogens with one attached hydrogen (secondary N) is 2. The van der Waals surface area contributed by atoms with Crippen molar-refractivity contribution in [3.05, 3.63) is 77.2 Å². The van der Waals surface area contributed by atoms with Crippen LogP contribution in [0.4, 0.5) is 16.3 Å². The van der Waals surface area contributed by atoms with Crippen molar-refractivity contribution in [2.75, 3.05) is 17.2 Å². The summed E-state index contributed by atoms with van der Waals surface area (Å²) in [5.41, 5.74) is 11.1. The van der Waals surface area contributed by atoms with Crippen molar-refractivity contribution in [2.24, 2.45) is 5.73 Å². The molecule has 2 amide bonds. The Hall–Kier alpha value is -4.07. The van der Waals surface area contributed by atoms with E-state index in [1.807, 2.05) is 36.4 Å². The van der Waals surface area contributed by atoms with Crippen LogP contribution in [0.1, 0.15) is 22.4 Å². The number of aryl methyl sites for hydroxylation is 1. The fourth-order valence-electron chi connectivity index (χ4n) is 3.86. The average Bonchev–Trinajstić information content (AvgIpc) is 3.00. The molecule has 0 fully saturated rings. The molecule has 0 aliphatic carbocycles. The van der Waals surface area contributed by atoms with E-state index < -0.39 is 6.03 Å². The van der Waals surface area contributed by atoms with Crippen molar-refractivity contribution in [3.8, 4) is 5.75 Å². The molecule has 8 heteroatoms. The Bertz CT molecular complexity index is 1260. The average molecular weight is 431 g/mol. The van der Waals surface area contributed by atoms with Gasteiger partial charge in [0, 0.05) is 24.5 Å². The largest absolute Gasteiger partial charge is 0.508 e. The number of hydrogen-bond donors (Lipinski definition) is 4. The summed E-state index contributed by atoms with van der Waals surface area (Å²) in [5, 5.41) is 16.8. The predicted molar refractivity (Wildman–Crippen MR) is 126 cm³/mol. The molecule has 164 valence electrons. The molecule has 32 heavy (non-hydrogen) atoms. The number of fused-ring (bicyclic) bond motifs is 1. The van der Waals surface area contributed by atoms with E-state index in [0.29, 0.717) is 18.8 Å². The van der Waals surface area contributed by atoms with E-state index in [1.54, 1.807) is 18.5 Å². The van der Waals surface area contributed by atoms with Crippen LogP contribution >= 0.6 is 0 Å². The molecule has 2 heterocycles. The van der Waals surface area contributed by atoms with Gasteiger partial charge in [-0.3, -0.25) is 0 Å². The monoisotopic (exact) mass is 430 g/mol. The third-order valence-corrected chi connectivity index (χ3v) is 5.58. The number of aromatic hydroxyl groups is 1. The van der Waals surface area contributed by atoms with E-state index >= 15 is 0 Å². The summed E-state index contributed by atoms with van der Waals surface area (Å²) >= 11 is 0. The number of amides is 2. The number of benzene rings is 2. The van der Waals surface area contributed by atoms with E-state index in [2.05, 4.69) is 39.0 Å². The number of urea groups is 1. The molecule has 4 aromatic rings. The van der Waals surface area contributed by atoms with Crippen LogP contribution < -0.4 is 16.4 Å². The van der Waals surface area contributed by atoms with Crippen LogP contribution in [0, 0.1) is 13.8 Å². The Kier molecular flexibility index (Phi) is 5.93. The molecule has 2 aromatic heterocycles. The Labute approximate surface area is 186 Å². The summed E-state index contributed by atoms with van der Waals surface area (Å²) < 4.78 is 2.15. The van der Waals surface area contributed by atoms with Crippen LogP contribution in [-0.2, 0) is 13.0 Å². The Morgan fingerprint density at radius 1 is 1.09 bits per heavy atom. The first-order chi connectivity index (χ1) is 15.4. The zero-order valence-electron chi connectivity index (χ0n) is 18.1. The summed E-state index contributed by atoms with van der Waals surface area (Å²) in [5.74, 6) is 1.06. The van der Waals surface area contributed by atoms with Gasteiger partial charge in [-0.15, -0.1) is 0 Å². The van der Waals surface area contributed by atoms with E-state index in [4.69, 9.17) is 5.73 Å². The van der Waals surface area contributed by atoms with Gasteiger partial charge in [-0.2, -0.15) is 0 Å². The quantitative estimate of drug-likeness (QED) is 0.354. The molecule has 4 rings (SSSR count). The minimum Gasteiger partial charge on any atom is -0.508 e. The van der Waals surface area contributed by atoms with Crippen molar-refractivity contribution >= 4 is 28.6 Å². The Morgan fingerprint density at radius 3 is 2.59 bits per heavy atom. The van der Waals surface area contributed by atoms with Crippen molar-refractivity contribution in [3.63, 3.8) is 0 Å². The van der Waals surface area contributed by atoms with Crippen LogP contribution in [0.5, 0.6) is 5.75 Å². The van der Waals surface area contributed by atoms with Gasteiger partial charge in [-0.25, -0.2) is 14.8 Å². The minimum atomic E-state index is -0.575. The van der Waals surface area contributed by atoms with Crippen LogP contribution in [0.15, 0.2) is 54.9 Å². The summed E-state index contributed by atoms with van der Waals surface area (Å²) in [6, 6.07) is 14.3. The number of anilines is 2. The van der Waals surface area contributed by atoms with Gasteiger partial charge in [-0.1, -0.05) is 24.3 Å². The van der Waals surface area contributed by atoms with E-state index in [9.17, 15) is 9.90 Å². The molecule has 0 aliphatic rings. The number of carbonyl (C=O) groups is 1. The highest BCUT2D eigenvalue weighted by molar-refractivity contribution is 5.92. The van der Waals surface area contributed by atoms with E-state index in [1.165, 1.54) is 0 Å². The maximum Gasteiger partial charge on any atom is 0.316 e. The normalized spacial score (nSPS) is 10.9. The first-order valence-electron chi connectivity index (χ1n) is 10.4. The van der Waals surface area contributed by atoms with Crippen LogP contribution in [0.25, 0.3) is 11.0 Å². The number of aromatic nitrogens is 3. The molecule has 0 bridgehead atoms. The number of nitrogens with zero attached hydrogens (tertiary/aromatic N) is 3. The van der Waals surface area contributed by atoms with E-state index in [0.717, 1.165) is 45.7 Å². The van der Waals surface area contributed by atoms with Gasteiger partial charge in [0.05, 0.1) is 5.39 Å². The second kappa shape index (κ2) is 8.97. The molecule has 0 aliphatic heterocycles. The van der Waals surface area contributed by atoms with Crippen molar-refractivity contribution in [1.29, 1.82) is 0 Å². The topological polar surface area (TPSA) is 118 Å². The number of carbonyl (C=O) groups excluding carboxylic acids is 1. The second-order valence-electron chi connectivity index (χ2n) is 7.75. The van der Waals surface area contributed by atoms with Gasteiger partial charge in [0.1, 0.15) is 23.5 Å². The maximum absolute atomic E-state index is 10.9. The lowest BCUT2D eigenvalue weighted by atomic mass is 10.1. The zero-order valence-corrected chi connectivity index (χ0v) is 18.1. The zero-order chi connectivity index (χ0) is 22.7. The van der Waals surface area contributed by atoms with Crippen LogP contribution in [0.2, 0.25) is 0 Å². The molecular weight excluding hydrogens is 404 g/mol. The van der Waals surface area contributed by atoms with Gasteiger partial charge in [0.25, 0.3) is 0 Å². The third kappa shape index (κ3) is 4.49. The molecule has 0 unspecified atom stereocenters. The fourth-order valence-corrected chi connectivity index (χ4v) is 3.86. The first kappa shape index (κ1) is 21.2. The van der Waals surface area contributed by atoms with Gasteiger partial charge < -0.3 is 26.0 Å². The third-order valence-electron chi connectivity index (χ3n) is 5.58. The number of rotatable bonds is 7. The first-order valence-corrected chi connectivity index (χ1v) is 10.4. The minimum absolute atomic E-state index is 0.253. The Balaban J connectivity index is 1.52. The van der Waals surface area contributed by atoms with Crippen molar-refractivity contribution < 1.29 is 9.90 Å². The highest BCUT2D eigenvalue weighted by atomic mass is 16.3. The van der Waals surface area contributed by atoms with Crippen molar-refractivity contribution in [1.82, 2.24) is 14.5 Å². The predicted octanol–water partition coefficient (Wildman–Crippen LogP) is 3.95. The highest BCUT2D eigenvalue weighted by Gasteiger charge is 2.16. The molecule has 0 saturated carbocycles. The summed E-state index contributed by atoms with van der Waals surface area (Å²) in [6.45, 7) is 5.47. The number of phenols is 1. The highest BCUT2D eigenvalue weighted by Crippen LogP contribution is 2.29. The molecule has 0 atom stereocenters. The summed E-state index contributed by atoms with van der Waals surface area (Å²) in [6.07, 6.45) is 2.37. The standard InChI is InChI=1S/C24H26N6O2/c1-15-16(2)30(13-18-4-3-5-20(31)12-18)23-21(15)22(27-14-28-23)26-11-10-17-6-8-19(9-7-17)29-24(25)32/h3-9,12,14,31H,10-11,13H2,1-2H3,(H3,25,29,32)(H,26,27,28). The SMILES string of the molecule is Cc1c(C)n(Cc2cccc(O)c2)c2ncnc(NCCc3ccc(NC(N)=O)cc3)c12. The molecule has 8 nitrogen and oxygen atoms in total. The summed E-state index contributed by atoms with van der Waals surface area (Å²) in [7, 11) is 0. The van der Waals surface area contributed by atoms with Crippen molar-refractivity contribution in [2.45, 2.75) is 26.8 Å². The number of phenolic OH excluding ortho intramolecular Hbond substituents is 1. The fraction of sp³-hybridized carbons (Fsp3) is 0.208. The molecule has 0 radical (unpaired) electrons. The van der Waals surface area contributed by atoms with Crippen LogP contribution in [0.3, 0.4) is 0 Å². The molecule has 0 spiro atoms. The molecule has 2 aromatic carbocycles. The Morgan fingerprint density at radius 2 is 1.88 bits per heavy atom. The smallest absolute Gasteiger partial charge is 0.316 e. The van der Waals surface area contributed by atoms with Gasteiger partial charge in [0.2, 0.25) is 0 Å². The lowest BCUT2D eigenvalue weighted by Crippen LogP contribution is -2.19. The van der Waals surface area contributed by atoms with E-state index in [-0.39, 0.29) is 5.75 Å². The molecular formula is C24H26N6O2. The molecule has 0 saturated heterocycles. The maximum atomic E-state index is 10.9. The van der Waals surface area contributed by atoms with Crippen LogP contribution in [-0.4, -0.2) is 32.2 Å². The lowest BCUT2D eigenvalue weighted by Gasteiger charge is -2.10. The number of hydrogen-bond acceptors (Lipinski definition) is 5. The number of primary amides is 1. The second-order valence-corrected chi connectivity index (χ2v) is 7.75. The van der Waals surface area contributed by atoms with Gasteiger partial charge in [0.15, 0.2) is 0 Å². The molecule has 5 N–H and O–H groups in total. The number of nitrogens with two attached hydrogens (primary N) is 1. The van der Waals surface area contributed by atoms with Gasteiger partial charge in [-0.05, 0) is 61.2 Å². The summed E-state index contributed by atoms with van der Waals surface area (Å²) in [4.78, 5) is 20.0. The van der Waals surface area contributed by atoms with Gasteiger partial charge >= 0.3 is 6.03 Å². The lowest BCUT2D eigenvalue weighted by molar-refractivity contribution is 0.259.